The molecular weight excluding hydrogens is 392 g/mol. The van der Waals surface area contributed by atoms with Crippen LogP contribution < -0.4 is 10.6 Å². The van der Waals surface area contributed by atoms with Gasteiger partial charge in [0.2, 0.25) is 0 Å². The Morgan fingerprint density at radius 2 is 1.86 bits per heavy atom. The van der Waals surface area contributed by atoms with Gasteiger partial charge in [0, 0.05) is 25.0 Å². The summed E-state index contributed by atoms with van der Waals surface area (Å²) in [6.07, 6.45) is 7.42. The van der Waals surface area contributed by atoms with Gasteiger partial charge < -0.3 is 10.6 Å². The molecule has 0 bridgehead atoms. The Bertz CT molecular complexity index is 505. The fourth-order valence-corrected chi connectivity index (χ4v) is 3.23. The maximum Gasteiger partial charge on any atom is 0.191 e. The van der Waals surface area contributed by atoms with Crippen LogP contribution in [0, 0.1) is 5.82 Å². The van der Waals surface area contributed by atoms with E-state index in [2.05, 4.69) is 15.6 Å². The van der Waals surface area contributed by atoms with E-state index >= 15 is 0 Å². The standard InChI is InChI=1S/C17H24FN3.HI/c1-19-16(21-15-4-2-3-5-15)20-12-17(10-11-17)13-6-8-14(18)9-7-13;/h6-9,15H,2-5,10-12H2,1H3,(H2,19,20,21);1H. The van der Waals surface area contributed by atoms with Crippen molar-refractivity contribution < 1.29 is 4.39 Å². The lowest BCUT2D eigenvalue weighted by atomic mass is 9.96. The molecule has 122 valence electrons. The smallest absolute Gasteiger partial charge is 0.191 e. The van der Waals surface area contributed by atoms with Gasteiger partial charge in [0.05, 0.1) is 0 Å². The summed E-state index contributed by atoms with van der Waals surface area (Å²) < 4.78 is 13.0. The average Bonchev–Trinajstić information content (AvgIpc) is 3.12. The van der Waals surface area contributed by atoms with Gasteiger partial charge in [0.15, 0.2) is 5.96 Å². The molecule has 0 unspecified atom stereocenters. The molecular formula is C17H25FIN3. The van der Waals surface area contributed by atoms with Gasteiger partial charge >= 0.3 is 0 Å². The lowest BCUT2D eigenvalue weighted by Crippen LogP contribution is -2.44. The first-order chi connectivity index (χ1) is 10.2. The average molecular weight is 417 g/mol. The number of aliphatic imine (C=N–C) groups is 1. The largest absolute Gasteiger partial charge is 0.356 e. The van der Waals surface area contributed by atoms with Gasteiger partial charge in [-0.05, 0) is 43.4 Å². The summed E-state index contributed by atoms with van der Waals surface area (Å²) in [5.74, 6) is 0.733. The number of nitrogens with zero attached hydrogens (tertiary/aromatic N) is 1. The molecule has 0 heterocycles. The van der Waals surface area contributed by atoms with Crippen molar-refractivity contribution in [1.82, 2.24) is 10.6 Å². The third-order valence-corrected chi connectivity index (χ3v) is 4.82. The van der Waals surface area contributed by atoms with Crippen LogP contribution in [0.2, 0.25) is 0 Å². The van der Waals surface area contributed by atoms with Gasteiger partial charge in [-0.2, -0.15) is 0 Å². The highest BCUT2D eigenvalue weighted by molar-refractivity contribution is 14.0. The monoisotopic (exact) mass is 417 g/mol. The Kier molecular flexibility index (Phi) is 6.06. The molecule has 3 rings (SSSR count). The second-order valence-corrected chi connectivity index (χ2v) is 6.34. The molecule has 1 aromatic carbocycles. The second-order valence-electron chi connectivity index (χ2n) is 6.34. The molecule has 5 heteroatoms. The molecule has 0 saturated heterocycles. The molecule has 0 spiro atoms. The van der Waals surface area contributed by atoms with Crippen LogP contribution in [0.15, 0.2) is 29.3 Å². The van der Waals surface area contributed by atoms with E-state index in [9.17, 15) is 4.39 Å². The second kappa shape index (κ2) is 7.62. The lowest BCUT2D eigenvalue weighted by Gasteiger charge is -2.21. The summed E-state index contributed by atoms with van der Waals surface area (Å²) in [6.45, 7) is 0.866. The number of benzene rings is 1. The van der Waals surface area contributed by atoms with Crippen LogP contribution in [0.3, 0.4) is 0 Å². The van der Waals surface area contributed by atoms with Gasteiger partial charge in [0.25, 0.3) is 0 Å². The van der Waals surface area contributed by atoms with Crippen molar-refractivity contribution in [3.8, 4) is 0 Å². The van der Waals surface area contributed by atoms with Gasteiger partial charge in [-0.25, -0.2) is 4.39 Å². The van der Waals surface area contributed by atoms with Crippen LogP contribution in [0.4, 0.5) is 4.39 Å². The number of halogens is 2. The molecule has 2 fully saturated rings. The number of guanidine groups is 1. The molecule has 0 aliphatic heterocycles. The maximum absolute atomic E-state index is 13.0. The van der Waals surface area contributed by atoms with Gasteiger partial charge in [-0.1, -0.05) is 25.0 Å². The molecule has 22 heavy (non-hydrogen) atoms. The zero-order chi connectivity index (χ0) is 14.7. The van der Waals surface area contributed by atoms with Crippen LogP contribution in [-0.2, 0) is 5.41 Å². The van der Waals surface area contributed by atoms with Crippen molar-refractivity contribution in [1.29, 1.82) is 0 Å². The van der Waals surface area contributed by atoms with Crippen molar-refractivity contribution in [2.75, 3.05) is 13.6 Å². The zero-order valence-corrected chi connectivity index (χ0v) is 15.4. The SMILES string of the molecule is CN=C(NCC1(c2ccc(F)cc2)CC1)NC1CCCC1.I. The Labute approximate surface area is 149 Å². The first-order valence-electron chi connectivity index (χ1n) is 7.95. The maximum atomic E-state index is 13.0. The number of rotatable bonds is 4. The topological polar surface area (TPSA) is 36.4 Å². The van der Waals surface area contributed by atoms with Crippen molar-refractivity contribution in [3.63, 3.8) is 0 Å². The fourth-order valence-electron chi connectivity index (χ4n) is 3.23. The van der Waals surface area contributed by atoms with Crippen LogP contribution in [-0.4, -0.2) is 25.6 Å². The Morgan fingerprint density at radius 3 is 2.41 bits per heavy atom. The van der Waals surface area contributed by atoms with E-state index in [0.717, 1.165) is 25.3 Å². The molecule has 0 amide bonds. The van der Waals surface area contributed by atoms with Crippen LogP contribution in [0.25, 0.3) is 0 Å². The van der Waals surface area contributed by atoms with E-state index < -0.39 is 0 Å². The number of hydrogen-bond acceptors (Lipinski definition) is 1. The molecule has 2 N–H and O–H groups in total. The highest BCUT2D eigenvalue weighted by Gasteiger charge is 2.44. The van der Waals surface area contributed by atoms with Crippen molar-refractivity contribution in [2.45, 2.75) is 50.0 Å². The minimum atomic E-state index is -0.166. The molecule has 2 aliphatic rings. The number of hydrogen-bond donors (Lipinski definition) is 2. The van der Waals surface area contributed by atoms with Crippen LogP contribution in [0.1, 0.15) is 44.1 Å². The minimum Gasteiger partial charge on any atom is -0.356 e. The van der Waals surface area contributed by atoms with Crippen molar-refractivity contribution >= 4 is 29.9 Å². The summed E-state index contributed by atoms with van der Waals surface area (Å²) in [5, 5.41) is 6.96. The third kappa shape index (κ3) is 4.12. The van der Waals surface area contributed by atoms with E-state index in [-0.39, 0.29) is 35.2 Å². The Hall–Kier alpha value is -0.850. The van der Waals surface area contributed by atoms with Crippen LogP contribution >= 0.6 is 24.0 Å². The van der Waals surface area contributed by atoms with Gasteiger partial charge in [0.1, 0.15) is 5.82 Å². The normalized spacial score (nSPS) is 20.4. The third-order valence-electron chi connectivity index (χ3n) is 4.82. The minimum absolute atomic E-state index is 0. The predicted molar refractivity (Wildman–Crippen MR) is 99.5 cm³/mol. The molecule has 2 saturated carbocycles. The summed E-state index contributed by atoms with van der Waals surface area (Å²) in [4.78, 5) is 4.32. The van der Waals surface area contributed by atoms with Crippen LogP contribution in [0.5, 0.6) is 0 Å². The molecule has 2 aliphatic carbocycles. The highest BCUT2D eigenvalue weighted by atomic mass is 127. The van der Waals surface area contributed by atoms with Crippen molar-refractivity contribution in [2.24, 2.45) is 4.99 Å². The summed E-state index contributed by atoms with van der Waals surface area (Å²) in [5.41, 5.74) is 1.40. The van der Waals surface area contributed by atoms with Gasteiger partial charge in [-0.15, -0.1) is 24.0 Å². The predicted octanol–water partition coefficient (Wildman–Crippen LogP) is 3.58. The van der Waals surface area contributed by atoms with E-state index in [0.29, 0.717) is 6.04 Å². The lowest BCUT2D eigenvalue weighted by molar-refractivity contribution is 0.591. The first-order valence-corrected chi connectivity index (χ1v) is 7.95. The number of nitrogens with one attached hydrogen (secondary N) is 2. The summed E-state index contributed by atoms with van der Waals surface area (Å²) >= 11 is 0. The quantitative estimate of drug-likeness (QED) is 0.447. The highest BCUT2D eigenvalue weighted by Crippen LogP contribution is 2.47. The van der Waals surface area contributed by atoms with E-state index in [1.54, 1.807) is 12.1 Å². The van der Waals surface area contributed by atoms with Gasteiger partial charge in [-0.3, -0.25) is 4.99 Å². The van der Waals surface area contributed by atoms with E-state index in [1.165, 1.54) is 31.2 Å². The van der Waals surface area contributed by atoms with E-state index in [4.69, 9.17) is 0 Å². The molecule has 3 nitrogen and oxygen atoms in total. The van der Waals surface area contributed by atoms with E-state index in [1.807, 2.05) is 19.2 Å². The molecule has 0 radical (unpaired) electrons. The van der Waals surface area contributed by atoms with Crippen molar-refractivity contribution in [3.05, 3.63) is 35.6 Å². The first kappa shape index (κ1) is 17.5. The Balaban J connectivity index is 0.00000176. The molecule has 0 atom stereocenters. The zero-order valence-electron chi connectivity index (χ0n) is 13.1. The summed E-state index contributed by atoms with van der Waals surface area (Å²) in [6, 6.07) is 7.51. The molecule has 0 aromatic heterocycles. The molecule has 1 aromatic rings. The summed E-state index contributed by atoms with van der Waals surface area (Å²) in [7, 11) is 1.82. The Morgan fingerprint density at radius 1 is 1.23 bits per heavy atom. The fraction of sp³-hybridized carbons (Fsp3) is 0.588.